The highest BCUT2D eigenvalue weighted by Gasteiger charge is 2.18. The number of ether oxygens (including phenoxy) is 2. The third-order valence-electron chi connectivity index (χ3n) is 3.93. The van der Waals surface area contributed by atoms with E-state index in [2.05, 4.69) is 4.99 Å². The molecule has 0 bridgehead atoms. The number of halogens is 1. The summed E-state index contributed by atoms with van der Waals surface area (Å²) in [6, 6.07) is 9.65. The zero-order valence-electron chi connectivity index (χ0n) is 13.5. The number of carbonyl (C=O) groups excluding carboxylic acids is 1. The molecule has 1 aliphatic heterocycles. The van der Waals surface area contributed by atoms with Crippen LogP contribution in [0, 0.1) is 5.82 Å². The Kier molecular flexibility index (Phi) is 4.01. The van der Waals surface area contributed by atoms with E-state index in [1.807, 2.05) is 23.6 Å². The molecule has 0 saturated carbocycles. The molecule has 1 amide bonds. The first kappa shape index (κ1) is 15.8. The van der Waals surface area contributed by atoms with Crippen molar-refractivity contribution in [2.75, 3.05) is 6.79 Å². The molecule has 128 valence electrons. The van der Waals surface area contributed by atoms with Crippen molar-refractivity contribution in [1.82, 2.24) is 4.57 Å². The van der Waals surface area contributed by atoms with Crippen molar-refractivity contribution in [2.24, 2.45) is 4.99 Å². The van der Waals surface area contributed by atoms with Gasteiger partial charge in [-0.2, -0.15) is 4.99 Å². The van der Waals surface area contributed by atoms with Crippen LogP contribution in [0.1, 0.15) is 23.7 Å². The van der Waals surface area contributed by atoms with Crippen molar-refractivity contribution in [3.05, 3.63) is 52.6 Å². The molecule has 0 fully saturated rings. The maximum atomic E-state index is 13.8. The van der Waals surface area contributed by atoms with Gasteiger partial charge in [0.2, 0.25) is 6.79 Å². The lowest BCUT2D eigenvalue weighted by atomic mass is 10.2. The molecule has 0 N–H and O–H groups in total. The minimum absolute atomic E-state index is 0.0304. The summed E-state index contributed by atoms with van der Waals surface area (Å²) in [4.78, 5) is 17.1. The van der Waals surface area contributed by atoms with Crippen molar-refractivity contribution < 1.29 is 18.7 Å². The minimum Gasteiger partial charge on any atom is -0.454 e. The highest BCUT2D eigenvalue weighted by Crippen LogP contribution is 2.37. The van der Waals surface area contributed by atoms with Gasteiger partial charge in [-0.1, -0.05) is 30.4 Å². The number of amides is 1. The molecular weight excluding hydrogens is 343 g/mol. The average Bonchev–Trinajstić information content (AvgIpc) is 3.18. The molecule has 1 aromatic heterocycles. The van der Waals surface area contributed by atoms with E-state index < -0.39 is 11.7 Å². The maximum absolute atomic E-state index is 13.8. The average molecular weight is 358 g/mol. The third-order valence-corrected chi connectivity index (χ3v) is 4.97. The molecule has 5 nitrogen and oxygen atoms in total. The van der Waals surface area contributed by atoms with Crippen LogP contribution in [0.3, 0.4) is 0 Å². The molecule has 1 aliphatic rings. The van der Waals surface area contributed by atoms with Crippen LogP contribution < -0.4 is 14.3 Å². The van der Waals surface area contributed by atoms with Gasteiger partial charge in [0.1, 0.15) is 5.82 Å². The zero-order chi connectivity index (χ0) is 17.4. The number of aryl methyl sites for hydroxylation is 1. The fourth-order valence-corrected chi connectivity index (χ4v) is 3.83. The van der Waals surface area contributed by atoms with E-state index in [9.17, 15) is 9.18 Å². The number of nitrogens with zero attached hydrogens (tertiary/aromatic N) is 2. The Balaban J connectivity index is 1.87. The standard InChI is InChI=1S/C18H15FN2O3S/c1-2-7-21-13-8-14-15(24-10-23-14)9-16(13)25-18(21)20-17(22)11-5-3-4-6-12(11)19/h3-6,8-9H,2,7,10H2,1H3. The predicted octanol–water partition coefficient (Wildman–Crippen LogP) is 3.72. The monoisotopic (exact) mass is 358 g/mol. The lowest BCUT2D eigenvalue weighted by Crippen LogP contribution is -2.17. The Morgan fingerprint density at radius 2 is 2.04 bits per heavy atom. The van der Waals surface area contributed by atoms with Gasteiger partial charge < -0.3 is 14.0 Å². The maximum Gasteiger partial charge on any atom is 0.282 e. The number of carbonyl (C=O) groups is 1. The normalized spacial score (nSPS) is 13.6. The number of rotatable bonds is 3. The summed E-state index contributed by atoms with van der Waals surface area (Å²) in [5.74, 6) is 0.209. The van der Waals surface area contributed by atoms with Crippen LogP contribution in [0.25, 0.3) is 10.2 Å². The second-order valence-electron chi connectivity index (χ2n) is 5.61. The molecule has 2 heterocycles. The Hall–Kier alpha value is -2.67. The Morgan fingerprint density at radius 3 is 2.80 bits per heavy atom. The van der Waals surface area contributed by atoms with E-state index in [1.54, 1.807) is 12.1 Å². The van der Waals surface area contributed by atoms with Gasteiger partial charge in [-0.05, 0) is 18.6 Å². The SMILES string of the molecule is CCCn1c(=NC(=O)c2ccccc2F)sc2cc3c(cc21)OCO3. The summed E-state index contributed by atoms with van der Waals surface area (Å²) in [6.45, 7) is 2.96. The summed E-state index contributed by atoms with van der Waals surface area (Å²) >= 11 is 1.38. The molecule has 0 aliphatic carbocycles. The van der Waals surface area contributed by atoms with Crippen molar-refractivity contribution in [1.29, 1.82) is 0 Å². The number of aromatic nitrogens is 1. The number of hydrogen-bond acceptors (Lipinski definition) is 4. The van der Waals surface area contributed by atoms with Crippen molar-refractivity contribution in [3.8, 4) is 11.5 Å². The molecule has 3 aromatic rings. The second kappa shape index (κ2) is 6.33. The van der Waals surface area contributed by atoms with Gasteiger partial charge >= 0.3 is 0 Å². The molecule has 0 atom stereocenters. The summed E-state index contributed by atoms with van der Waals surface area (Å²) in [5, 5.41) is 0. The first-order chi connectivity index (χ1) is 12.2. The van der Waals surface area contributed by atoms with Crippen LogP contribution >= 0.6 is 11.3 Å². The Labute approximate surface area is 147 Å². The van der Waals surface area contributed by atoms with Gasteiger partial charge in [-0.25, -0.2) is 4.39 Å². The van der Waals surface area contributed by atoms with E-state index in [-0.39, 0.29) is 12.4 Å². The van der Waals surface area contributed by atoms with Crippen molar-refractivity contribution in [3.63, 3.8) is 0 Å². The third kappa shape index (κ3) is 2.80. The van der Waals surface area contributed by atoms with Gasteiger partial charge in [0, 0.05) is 18.7 Å². The summed E-state index contributed by atoms with van der Waals surface area (Å²) < 4.78 is 27.6. The topological polar surface area (TPSA) is 52.8 Å². The minimum atomic E-state index is -0.588. The number of fused-ring (bicyclic) bond motifs is 2. The highest BCUT2D eigenvalue weighted by atomic mass is 32.1. The first-order valence-corrected chi connectivity index (χ1v) is 8.75. The summed E-state index contributed by atoms with van der Waals surface area (Å²) in [5.41, 5.74) is 0.897. The molecular formula is C18H15FN2O3S. The molecule has 4 rings (SSSR count). The lowest BCUT2D eigenvalue weighted by molar-refractivity contribution is 0.0994. The quantitative estimate of drug-likeness (QED) is 0.717. The second-order valence-corrected chi connectivity index (χ2v) is 6.62. The van der Waals surface area contributed by atoms with Gasteiger partial charge in [-0.3, -0.25) is 4.79 Å². The van der Waals surface area contributed by atoms with Gasteiger partial charge in [0.15, 0.2) is 16.3 Å². The molecule has 0 spiro atoms. The number of hydrogen-bond donors (Lipinski definition) is 0. The molecule has 0 unspecified atom stereocenters. The van der Waals surface area contributed by atoms with Crippen molar-refractivity contribution in [2.45, 2.75) is 19.9 Å². The lowest BCUT2D eigenvalue weighted by Gasteiger charge is -2.03. The van der Waals surface area contributed by atoms with Gasteiger partial charge in [0.05, 0.1) is 15.8 Å². The fraction of sp³-hybridized carbons (Fsp3) is 0.222. The summed E-state index contributed by atoms with van der Waals surface area (Å²) in [7, 11) is 0. The van der Waals surface area contributed by atoms with E-state index in [4.69, 9.17) is 9.47 Å². The molecule has 2 aromatic carbocycles. The molecule has 7 heteroatoms. The van der Waals surface area contributed by atoms with E-state index in [1.165, 1.54) is 23.5 Å². The van der Waals surface area contributed by atoms with E-state index in [0.29, 0.717) is 22.8 Å². The van der Waals surface area contributed by atoms with Crippen LogP contribution in [0.15, 0.2) is 41.4 Å². The van der Waals surface area contributed by atoms with Gasteiger partial charge in [0.25, 0.3) is 5.91 Å². The number of benzene rings is 2. The van der Waals surface area contributed by atoms with Gasteiger partial charge in [-0.15, -0.1) is 0 Å². The Morgan fingerprint density at radius 1 is 1.28 bits per heavy atom. The van der Waals surface area contributed by atoms with Crippen LogP contribution in [0.2, 0.25) is 0 Å². The van der Waals surface area contributed by atoms with Crippen LogP contribution in [0.4, 0.5) is 4.39 Å². The Bertz CT molecular complexity index is 1040. The molecule has 0 saturated heterocycles. The van der Waals surface area contributed by atoms with Crippen molar-refractivity contribution >= 4 is 27.5 Å². The van der Waals surface area contributed by atoms with Crippen LogP contribution in [-0.4, -0.2) is 17.3 Å². The predicted molar refractivity (Wildman–Crippen MR) is 92.5 cm³/mol. The van der Waals surface area contributed by atoms with Crippen LogP contribution in [-0.2, 0) is 6.54 Å². The van der Waals surface area contributed by atoms with E-state index >= 15 is 0 Å². The largest absolute Gasteiger partial charge is 0.454 e. The zero-order valence-corrected chi connectivity index (χ0v) is 14.3. The highest BCUT2D eigenvalue weighted by molar-refractivity contribution is 7.16. The number of thiazole rings is 1. The van der Waals surface area contributed by atoms with E-state index in [0.717, 1.165) is 16.6 Å². The smallest absolute Gasteiger partial charge is 0.282 e. The first-order valence-electron chi connectivity index (χ1n) is 7.94. The molecule has 0 radical (unpaired) electrons. The fourth-order valence-electron chi connectivity index (χ4n) is 2.77. The van der Waals surface area contributed by atoms with Crippen LogP contribution in [0.5, 0.6) is 11.5 Å². The molecule has 25 heavy (non-hydrogen) atoms. The summed E-state index contributed by atoms with van der Waals surface area (Å²) in [6.07, 6.45) is 0.876.